The molecule has 0 aliphatic carbocycles. The van der Waals surface area contributed by atoms with Gasteiger partial charge in [0.25, 0.3) is 0 Å². The van der Waals surface area contributed by atoms with Gasteiger partial charge in [0.05, 0.1) is 0 Å². The van der Waals surface area contributed by atoms with E-state index in [-0.39, 0.29) is 0 Å². The number of hydrogen-bond donors (Lipinski definition) is 1. The van der Waals surface area contributed by atoms with Crippen molar-refractivity contribution in [2.75, 3.05) is 6.54 Å². The van der Waals surface area contributed by atoms with E-state index in [1.165, 1.54) is 26.3 Å². The first kappa shape index (κ1) is 12.8. The third kappa shape index (κ3) is 3.18. The summed E-state index contributed by atoms with van der Waals surface area (Å²) in [5, 5.41) is 5.79. The first-order valence-corrected chi connectivity index (χ1v) is 7.75. The second-order valence-electron chi connectivity index (χ2n) is 4.47. The van der Waals surface area contributed by atoms with Gasteiger partial charge in [0.15, 0.2) is 0 Å². The highest BCUT2D eigenvalue weighted by molar-refractivity contribution is 7.26. The van der Waals surface area contributed by atoms with Gasteiger partial charge in [-0.05, 0) is 43.8 Å². The molecule has 0 aromatic carbocycles. The Hall–Kier alpha value is -0.640. The van der Waals surface area contributed by atoms with Crippen LogP contribution in [0, 0.1) is 0 Å². The zero-order valence-electron chi connectivity index (χ0n) is 10.5. The molecule has 0 amide bonds. The molecule has 1 N–H and O–H groups in total. The lowest BCUT2D eigenvalue weighted by Gasteiger charge is -2.16. The van der Waals surface area contributed by atoms with E-state index in [1.807, 2.05) is 22.7 Å². The minimum Gasteiger partial charge on any atom is -0.309 e. The first-order valence-electron chi connectivity index (χ1n) is 6.05. The quantitative estimate of drug-likeness (QED) is 0.727. The Bertz CT molecular complexity index is 467. The fourth-order valence-electron chi connectivity index (χ4n) is 1.90. The van der Waals surface area contributed by atoms with E-state index < -0.39 is 0 Å². The lowest BCUT2D eigenvalue weighted by molar-refractivity contribution is 0.535. The van der Waals surface area contributed by atoms with E-state index in [2.05, 4.69) is 43.3 Å². The van der Waals surface area contributed by atoms with E-state index in [0.717, 1.165) is 13.0 Å². The Morgan fingerprint density at radius 2 is 2.29 bits per heavy atom. The average molecular weight is 265 g/mol. The Morgan fingerprint density at radius 1 is 1.47 bits per heavy atom. The third-order valence-electron chi connectivity index (χ3n) is 2.70. The topological polar surface area (TPSA) is 12.0 Å². The van der Waals surface area contributed by atoms with Gasteiger partial charge in [-0.3, -0.25) is 0 Å². The highest BCUT2D eigenvalue weighted by atomic mass is 32.1. The standard InChI is InChI=1S/C14H19NS2/c1-4-6-15-11(8-10(2)3)13-9-14-12(17-13)5-7-16-14/h5,7,9,11,15H,2,4,6,8H2,1,3H3. The van der Waals surface area contributed by atoms with Crippen molar-refractivity contribution >= 4 is 32.1 Å². The third-order valence-corrected chi connectivity index (χ3v) is 4.90. The number of nitrogens with one attached hydrogen (secondary N) is 1. The van der Waals surface area contributed by atoms with Gasteiger partial charge in [-0.1, -0.05) is 12.5 Å². The van der Waals surface area contributed by atoms with Crippen molar-refractivity contribution in [2.24, 2.45) is 0 Å². The molecule has 0 fully saturated rings. The monoisotopic (exact) mass is 265 g/mol. The van der Waals surface area contributed by atoms with Crippen molar-refractivity contribution in [2.45, 2.75) is 32.7 Å². The first-order chi connectivity index (χ1) is 8.20. The maximum absolute atomic E-state index is 4.04. The SMILES string of the molecule is C=C(C)CC(NCCC)c1cc2sccc2s1. The number of hydrogen-bond acceptors (Lipinski definition) is 3. The summed E-state index contributed by atoms with van der Waals surface area (Å²) in [4.78, 5) is 1.45. The molecule has 0 radical (unpaired) electrons. The molecule has 0 saturated heterocycles. The maximum atomic E-state index is 4.04. The van der Waals surface area contributed by atoms with Gasteiger partial charge in [-0.2, -0.15) is 0 Å². The van der Waals surface area contributed by atoms with Crippen LogP contribution in [0.1, 0.15) is 37.6 Å². The fraction of sp³-hybridized carbons (Fsp3) is 0.429. The predicted octanol–water partition coefficient (Wildman–Crippen LogP) is 4.97. The molecule has 2 heterocycles. The number of rotatable bonds is 6. The molecule has 0 saturated carbocycles. The molecular weight excluding hydrogens is 246 g/mol. The molecular formula is C14H19NS2. The molecule has 0 spiro atoms. The van der Waals surface area contributed by atoms with Crippen molar-refractivity contribution in [1.82, 2.24) is 5.32 Å². The largest absolute Gasteiger partial charge is 0.309 e. The lowest BCUT2D eigenvalue weighted by Crippen LogP contribution is -2.21. The number of fused-ring (bicyclic) bond motifs is 1. The molecule has 1 nitrogen and oxygen atoms in total. The predicted molar refractivity (Wildman–Crippen MR) is 80.2 cm³/mol. The van der Waals surface area contributed by atoms with Crippen LogP contribution >= 0.6 is 22.7 Å². The summed E-state index contributed by atoms with van der Waals surface area (Å²) in [5.74, 6) is 0. The smallest absolute Gasteiger partial charge is 0.0454 e. The Morgan fingerprint density at radius 3 is 2.94 bits per heavy atom. The maximum Gasteiger partial charge on any atom is 0.0454 e. The van der Waals surface area contributed by atoms with Gasteiger partial charge in [-0.25, -0.2) is 0 Å². The zero-order chi connectivity index (χ0) is 12.3. The van der Waals surface area contributed by atoms with Crippen LogP contribution in [0.5, 0.6) is 0 Å². The second-order valence-corrected chi connectivity index (χ2v) is 6.53. The molecule has 0 bridgehead atoms. The summed E-state index contributed by atoms with van der Waals surface area (Å²) >= 11 is 3.74. The van der Waals surface area contributed by atoms with Crippen LogP contribution in [0.3, 0.4) is 0 Å². The average Bonchev–Trinajstić information content (AvgIpc) is 2.83. The summed E-state index contributed by atoms with van der Waals surface area (Å²) in [6, 6.07) is 4.99. The molecule has 17 heavy (non-hydrogen) atoms. The molecule has 1 unspecified atom stereocenters. The minimum absolute atomic E-state index is 0.442. The van der Waals surface area contributed by atoms with Crippen LogP contribution < -0.4 is 5.32 Å². The Balaban J connectivity index is 2.18. The van der Waals surface area contributed by atoms with Gasteiger partial charge < -0.3 is 5.32 Å². The molecule has 1 atom stereocenters. The van der Waals surface area contributed by atoms with Crippen LogP contribution in [0.15, 0.2) is 29.7 Å². The van der Waals surface area contributed by atoms with Crippen LogP contribution in [-0.2, 0) is 0 Å². The second kappa shape index (κ2) is 5.80. The van der Waals surface area contributed by atoms with Gasteiger partial charge in [0, 0.05) is 20.3 Å². The molecule has 0 aliphatic heterocycles. The molecule has 2 rings (SSSR count). The minimum atomic E-state index is 0.442. The van der Waals surface area contributed by atoms with E-state index >= 15 is 0 Å². The van der Waals surface area contributed by atoms with Crippen LogP contribution in [-0.4, -0.2) is 6.54 Å². The van der Waals surface area contributed by atoms with Crippen LogP contribution in [0.4, 0.5) is 0 Å². The van der Waals surface area contributed by atoms with E-state index in [0.29, 0.717) is 6.04 Å². The van der Waals surface area contributed by atoms with Gasteiger partial charge >= 0.3 is 0 Å². The zero-order valence-corrected chi connectivity index (χ0v) is 12.1. The summed E-state index contributed by atoms with van der Waals surface area (Å²) in [7, 11) is 0. The van der Waals surface area contributed by atoms with Crippen LogP contribution in [0.2, 0.25) is 0 Å². The van der Waals surface area contributed by atoms with Crippen molar-refractivity contribution in [1.29, 1.82) is 0 Å². The van der Waals surface area contributed by atoms with Crippen molar-refractivity contribution in [3.05, 3.63) is 34.5 Å². The normalized spacial score (nSPS) is 13.1. The molecule has 2 aromatic heterocycles. The Labute approximate surface area is 111 Å². The van der Waals surface area contributed by atoms with Gasteiger partial charge in [0.1, 0.15) is 0 Å². The highest BCUT2D eigenvalue weighted by Crippen LogP contribution is 2.35. The molecule has 92 valence electrons. The van der Waals surface area contributed by atoms with E-state index in [1.54, 1.807) is 0 Å². The highest BCUT2D eigenvalue weighted by Gasteiger charge is 2.14. The summed E-state index contributed by atoms with van der Waals surface area (Å²) in [5.41, 5.74) is 1.25. The van der Waals surface area contributed by atoms with Crippen molar-refractivity contribution < 1.29 is 0 Å². The summed E-state index contributed by atoms with van der Waals surface area (Å²) in [6.45, 7) is 9.42. The number of thiophene rings is 2. The van der Waals surface area contributed by atoms with Crippen molar-refractivity contribution in [3.8, 4) is 0 Å². The van der Waals surface area contributed by atoms with Gasteiger partial charge in [0.2, 0.25) is 0 Å². The van der Waals surface area contributed by atoms with E-state index in [9.17, 15) is 0 Å². The molecule has 2 aromatic rings. The lowest BCUT2D eigenvalue weighted by atomic mass is 10.1. The molecule has 0 aliphatic rings. The van der Waals surface area contributed by atoms with Crippen molar-refractivity contribution in [3.63, 3.8) is 0 Å². The summed E-state index contributed by atoms with van der Waals surface area (Å²) in [6.07, 6.45) is 2.21. The van der Waals surface area contributed by atoms with Gasteiger partial charge in [-0.15, -0.1) is 29.3 Å². The fourth-order valence-corrected chi connectivity index (χ4v) is 4.09. The van der Waals surface area contributed by atoms with E-state index in [4.69, 9.17) is 0 Å². The summed E-state index contributed by atoms with van der Waals surface area (Å²) < 4.78 is 2.82. The Kier molecular flexibility index (Phi) is 4.37. The van der Waals surface area contributed by atoms with Crippen LogP contribution in [0.25, 0.3) is 9.40 Å². The molecule has 3 heteroatoms.